The van der Waals surface area contributed by atoms with E-state index in [4.69, 9.17) is 9.47 Å². The molecule has 1 fully saturated rings. The summed E-state index contributed by atoms with van der Waals surface area (Å²) in [6, 6.07) is 0. The fourth-order valence-corrected chi connectivity index (χ4v) is 3.01. The number of hydrogen-bond acceptors (Lipinski definition) is 2. The van der Waals surface area contributed by atoms with E-state index in [9.17, 15) is 0 Å². The van der Waals surface area contributed by atoms with Gasteiger partial charge < -0.3 is 9.47 Å². The van der Waals surface area contributed by atoms with Crippen LogP contribution in [0.25, 0.3) is 0 Å². The lowest BCUT2D eigenvalue weighted by Crippen LogP contribution is -2.46. The molecule has 0 amide bonds. The minimum absolute atomic E-state index is 0.0588. The standard InChI is InChI=1S/C12H18Br2O2/c1-9(13)5-12(6-10(2)14)7-15-11(3,4)16-8-12/h1-2,5-8H2,3-4H3. The van der Waals surface area contributed by atoms with Crippen LogP contribution in [0.5, 0.6) is 0 Å². The maximum atomic E-state index is 5.74. The minimum Gasteiger partial charge on any atom is -0.350 e. The first kappa shape index (κ1) is 14.4. The Bertz CT molecular complexity index is 269. The summed E-state index contributed by atoms with van der Waals surface area (Å²) in [7, 11) is 0. The van der Waals surface area contributed by atoms with E-state index in [1.165, 1.54) is 0 Å². The molecule has 0 bridgehead atoms. The Hall–Kier alpha value is 0.360. The fourth-order valence-electron chi connectivity index (χ4n) is 1.82. The highest BCUT2D eigenvalue weighted by Gasteiger charge is 2.40. The van der Waals surface area contributed by atoms with Crippen LogP contribution in [0.15, 0.2) is 22.1 Å². The Balaban J connectivity index is 2.73. The van der Waals surface area contributed by atoms with E-state index in [1.807, 2.05) is 13.8 Å². The number of allylic oxidation sites excluding steroid dienone is 2. The molecule has 1 aliphatic heterocycles. The van der Waals surface area contributed by atoms with Gasteiger partial charge in [0.1, 0.15) is 0 Å². The van der Waals surface area contributed by atoms with Gasteiger partial charge in [0.25, 0.3) is 0 Å². The van der Waals surface area contributed by atoms with Crippen LogP contribution < -0.4 is 0 Å². The molecule has 1 rings (SSSR count). The smallest absolute Gasteiger partial charge is 0.162 e. The van der Waals surface area contributed by atoms with Crippen LogP contribution >= 0.6 is 31.9 Å². The van der Waals surface area contributed by atoms with Gasteiger partial charge in [0.2, 0.25) is 0 Å². The zero-order valence-electron chi connectivity index (χ0n) is 9.82. The molecule has 0 aromatic rings. The normalized spacial score (nSPS) is 22.8. The summed E-state index contributed by atoms with van der Waals surface area (Å²) in [5.41, 5.74) is -0.0588. The molecular formula is C12H18Br2O2. The van der Waals surface area contributed by atoms with Crippen molar-refractivity contribution in [3.63, 3.8) is 0 Å². The van der Waals surface area contributed by atoms with Gasteiger partial charge in [-0.3, -0.25) is 0 Å². The van der Waals surface area contributed by atoms with Crippen LogP contribution in [-0.2, 0) is 9.47 Å². The number of hydrogen-bond donors (Lipinski definition) is 0. The summed E-state index contributed by atoms with van der Waals surface area (Å²) >= 11 is 6.83. The second kappa shape index (κ2) is 5.34. The predicted molar refractivity (Wildman–Crippen MR) is 73.8 cm³/mol. The van der Waals surface area contributed by atoms with Crippen molar-refractivity contribution in [3.8, 4) is 0 Å². The van der Waals surface area contributed by atoms with Crippen molar-refractivity contribution < 1.29 is 9.47 Å². The Morgan fingerprint density at radius 3 is 1.75 bits per heavy atom. The highest BCUT2D eigenvalue weighted by atomic mass is 79.9. The summed E-state index contributed by atoms with van der Waals surface area (Å²) in [6.07, 6.45) is 1.65. The summed E-state index contributed by atoms with van der Waals surface area (Å²) in [5, 5.41) is 0. The number of halogens is 2. The van der Waals surface area contributed by atoms with Crippen molar-refractivity contribution in [1.29, 1.82) is 0 Å². The third-order valence-electron chi connectivity index (χ3n) is 2.59. The van der Waals surface area contributed by atoms with Gasteiger partial charge >= 0.3 is 0 Å². The van der Waals surface area contributed by atoms with Gasteiger partial charge in [0, 0.05) is 5.41 Å². The average Bonchev–Trinajstić information content (AvgIpc) is 2.09. The van der Waals surface area contributed by atoms with Crippen molar-refractivity contribution in [1.82, 2.24) is 0 Å². The monoisotopic (exact) mass is 352 g/mol. The lowest BCUT2D eigenvalue weighted by atomic mass is 9.82. The molecule has 0 aliphatic carbocycles. The van der Waals surface area contributed by atoms with Crippen molar-refractivity contribution in [2.75, 3.05) is 13.2 Å². The topological polar surface area (TPSA) is 18.5 Å². The van der Waals surface area contributed by atoms with Crippen LogP contribution in [0.4, 0.5) is 0 Å². The second-order valence-electron chi connectivity index (χ2n) is 4.87. The van der Waals surface area contributed by atoms with Gasteiger partial charge in [0.15, 0.2) is 5.79 Å². The molecule has 0 aromatic carbocycles. The number of rotatable bonds is 4. The largest absolute Gasteiger partial charge is 0.350 e. The van der Waals surface area contributed by atoms with Crippen LogP contribution in [0, 0.1) is 5.41 Å². The SMILES string of the molecule is C=C(Br)CC1(CC(=C)Br)COC(C)(C)OC1. The van der Waals surface area contributed by atoms with Crippen LogP contribution in [0.3, 0.4) is 0 Å². The van der Waals surface area contributed by atoms with Gasteiger partial charge in [-0.1, -0.05) is 45.0 Å². The number of ether oxygens (including phenoxy) is 2. The summed E-state index contributed by atoms with van der Waals surface area (Å²) in [4.78, 5) is 0. The fraction of sp³-hybridized carbons (Fsp3) is 0.667. The zero-order chi connectivity index (χ0) is 12.4. The lowest BCUT2D eigenvalue weighted by molar-refractivity contribution is -0.284. The van der Waals surface area contributed by atoms with E-state index in [-0.39, 0.29) is 5.41 Å². The van der Waals surface area contributed by atoms with Crippen molar-refractivity contribution in [3.05, 3.63) is 22.1 Å². The van der Waals surface area contributed by atoms with Crippen molar-refractivity contribution >= 4 is 31.9 Å². The zero-order valence-corrected chi connectivity index (χ0v) is 13.0. The Labute approximate surface area is 114 Å². The van der Waals surface area contributed by atoms with Gasteiger partial charge in [-0.05, 0) is 35.7 Å². The molecule has 0 spiro atoms. The van der Waals surface area contributed by atoms with E-state index in [0.29, 0.717) is 13.2 Å². The minimum atomic E-state index is -0.481. The molecule has 92 valence electrons. The first-order chi connectivity index (χ1) is 7.25. The summed E-state index contributed by atoms with van der Waals surface area (Å²) in [6.45, 7) is 13.0. The van der Waals surface area contributed by atoms with E-state index in [2.05, 4.69) is 45.0 Å². The summed E-state index contributed by atoms with van der Waals surface area (Å²) in [5.74, 6) is -0.481. The van der Waals surface area contributed by atoms with Crippen LogP contribution in [0.1, 0.15) is 26.7 Å². The lowest BCUT2D eigenvalue weighted by Gasteiger charge is -2.43. The molecule has 1 aliphatic rings. The molecule has 1 heterocycles. The first-order valence-corrected chi connectivity index (χ1v) is 6.78. The molecule has 0 N–H and O–H groups in total. The van der Waals surface area contributed by atoms with Crippen LogP contribution in [0.2, 0.25) is 0 Å². The first-order valence-electron chi connectivity index (χ1n) is 5.19. The van der Waals surface area contributed by atoms with Gasteiger partial charge in [-0.2, -0.15) is 0 Å². The van der Waals surface area contributed by atoms with E-state index in [1.54, 1.807) is 0 Å². The highest BCUT2D eigenvalue weighted by Crippen LogP contribution is 2.41. The predicted octanol–water partition coefficient (Wildman–Crippen LogP) is 4.35. The Morgan fingerprint density at radius 1 is 1.06 bits per heavy atom. The van der Waals surface area contributed by atoms with E-state index in [0.717, 1.165) is 21.8 Å². The maximum Gasteiger partial charge on any atom is 0.162 e. The molecule has 16 heavy (non-hydrogen) atoms. The third kappa shape index (κ3) is 4.32. The van der Waals surface area contributed by atoms with Gasteiger partial charge in [0.05, 0.1) is 13.2 Å². The van der Waals surface area contributed by atoms with Crippen LogP contribution in [-0.4, -0.2) is 19.0 Å². The molecule has 0 atom stereocenters. The molecule has 2 nitrogen and oxygen atoms in total. The maximum absolute atomic E-state index is 5.74. The Morgan fingerprint density at radius 2 is 1.44 bits per heavy atom. The third-order valence-corrected chi connectivity index (χ3v) is 3.15. The molecule has 0 unspecified atom stereocenters. The van der Waals surface area contributed by atoms with Gasteiger partial charge in [-0.25, -0.2) is 0 Å². The molecule has 1 saturated heterocycles. The van der Waals surface area contributed by atoms with Crippen molar-refractivity contribution in [2.45, 2.75) is 32.5 Å². The average molecular weight is 354 g/mol. The molecule has 0 saturated carbocycles. The second-order valence-corrected chi connectivity index (χ2v) is 7.11. The highest BCUT2D eigenvalue weighted by molar-refractivity contribution is 9.12. The van der Waals surface area contributed by atoms with Crippen molar-refractivity contribution in [2.24, 2.45) is 5.41 Å². The molecule has 4 heteroatoms. The van der Waals surface area contributed by atoms with E-state index < -0.39 is 5.79 Å². The quantitative estimate of drug-likeness (QED) is 0.747. The molecule has 0 radical (unpaired) electrons. The molecule has 0 aromatic heterocycles. The molecular weight excluding hydrogens is 336 g/mol. The van der Waals surface area contributed by atoms with Gasteiger partial charge in [-0.15, -0.1) is 0 Å². The summed E-state index contributed by atoms with van der Waals surface area (Å²) < 4.78 is 13.4. The Kier molecular flexibility index (Phi) is 4.81. The van der Waals surface area contributed by atoms with E-state index >= 15 is 0 Å².